The Morgan fingerprint density at radius 3 is 2.83 bits per heavy atom. The molecule has 0 spiro atoms. The molecular weight excluding hydrogens is 240 g/mol. The predicted molar refractivity (Wildman–Crippen MR) is 61.5 cm³/mol. The number of nitrogens with one attached hydrogen (secondary N) is 3. The first kappa shape index (κ1) is 13.1. The Hall–Kier alpha value is -1.36. The molecule has 0 radical (unpaired) electrons. The van der Waals surface area contributed by atoms with Crippen molar-refractivity contribution < 1.29 is 15.3 Å². The largest absolute Gasteiger partial charge is 0.390 e. The molecule has 4 atom stereocenters. The third kappa shape index (κ3) is 2.41. The van der Waals surface area contributed by atoms with Gasteiger partial charge in [-0.2, -0.15) is 0 Å². The average molecular weight is 256 g/mol. The SMILES string of the molecule is CC(O)C(O)c1cnc2c(n1)NC(NN)NC2O. The second-order valence-corrected chi connectivity index (χ2v) is 4.03. The fraction of sp³-hybridized carbons (Fsp3) is 0.556. The number of hydrogen-bond donors (Lipinski definition) is 7. The van der Waals surface area contributed by atoms with Crippen molar-refractivity contribution in [2.24, 2.45) is 5.84 Å². The van der Waals surface area contributed by atoms with Crippen LogP contribution in [0.2, 0.25) is 0 Å². The summed E-state index contributed by atoms with van der Waals surface area (Å²) in [5, 5.41) is 34.3. The zero-order valence-corrected chi connectivity index (χ0v) is 9.70. The van der Waals surface area contributed by atoms with E-state index in [1.807, 2.05) is 0 Å². The van der Waals surface area contributed by atoms with Crippen LogP contribution in [0.3, 0.4) is 0 Å². The molecule has 8 N–H and O–H groups in total. The van der Waals surface area contributed by atoms with Crippen LogP contribution in [0.1, 0.15) is 30.6 Å². The molecule has 0 bridgehead atoms. The van der Waals surface area contributed by atoms with E-state index in [9.17, 15) is 15.3 Å². The number of aliphatic hydroxyl groups is 3. The highest BCUT2D eigenvalue weighted by Gasteiger charge is 2.27. The molecule has 4 unspecified atom stereocenters. The maximum absolute atomic E-state index is 9.74. The van der Waals surface area contributed by atoms with Crippen LogP contribution in [-0.2, 0) is 0 Å². The van der Waals surface area contributed by atoms with Crippen molar-refractivity contribution in [3.05, 3.63) is 17.6 Å². The Morgan fingerprint density at radius 1 is 1.50 bits per heavy atom. The van der Waals surface area contributed by atoms with Crippen molar-refractivity contribution in [2.75, 3.05) is 5.32 Å². The molecular formula is C9H16N6O3. The first-order valence-electron chi connectivity index (χ1n) is 5.42. The molecule has 9 nitrogen and oxygen atoms in total. The number of hydrogen-bond acceptors (Lipinski definition) is 9. The van der Waals surface area contributed by atoms with Gasteiger partial charge in [0.15, 0.2) is 12.0 Å². The summed E-state index contributed by atoms with van der Waals surface area (Å²) in [7, 11) is 0. The summed E-state index contributed by atoms with van der Waals surface area (Å²) >= 11 is 0. The smallest absolute Gasteiger partial charge is 0.154 e. The van der Waals surface area contributed by atoms with Gasteiger partial charge in [0.05, 0.1) is 18.0 Å². The predicted octanol–water partition coefficient (Wildman–Crippen LogP) is -2.36. The molecule has 0 saturated heterocycles. The minimum atomic E-state index is -1.14. The summed E-state index contributed by atoms with van der Waals surface area (Å²) in [6, 6.07) is 0. The maximum atomic E-state index is 9.74. The van der Waals surface area contributed by atoms with Gasteiger partial charge in [-0.15, -0.1) is 0 Å². The molecule has 1 aromatic rings. The number of fused-ring (bicyclic) bond motifs is 1. The molecule has 0 aromatic carbocycles. The van der Waals surface area contributed by atoms with Crippen LogP contribution in [0, 0.1) is 0 Å². The van der Waals surface area contributed by atoms with E-state index in [1.165, 1.54) is 13.1 Å². The molecule has 18 heavy (non-hydrogen) atoms. The van der Waals surface area contributed by atoms with Crippen LogP contribution in [0.25, 0.3) is 0 Å². The van der Waals surface area contributed by atoms with Gasteiger partial charge in [-0.25, -0.2) is 10.4 Å². The number of rotatable bonds is 3. The van der Waals surface area contributed by atoms with E-state index in [-0.39, 0.29) is 5.69 Å². The molecule has 2 heterocycles. The van der Waals surface area contributed by atoms with Gasteiger partial charge >= 0.3 is 0 Å². The minimum Gasteiger partial charge on any atom is -0.390 e. The highest BCUT2D eigenvalue weighted by atomic mass is 16.3. The third-order valence-corrected chi connectivity index (χ3v) is 2.61. The van der Waals surface area contributed by atoms with Crippen molar-refractivity contribution >= 4 is 5.82 Å². The number of nitrogens with two attached hydrogens (primary N) is 1. The van der Waals surface area contributed by atoms with E-state index in [0.717, 1.165) is 0 Å². The van der Waals surface area contributed by atoms with Gasteiger partial charge in [0.25, 0.3) is 0 Å². The Bertz CT molecular complexity index is 429. The Balaban J connectivity index is 2.31. The van der Waals surface area contributed by atoms with Crippen molar-refractivity contribution in [1.82, 2.24) is 20.7 Å². The molecule has 2 rings (SSSR count). The van der Waals surface area contributed by atoms with Crippen LogP contribution in [0.4, 0.5) is 5.82 Å². The molecule has 0 amide bonds. The molecule has 0 aliphatic carbocycles. The lowest BCUT2D eigenvalue weighted by molar-refractivity contribution is 0.0274. The van der Waals surface area contributed by atoms with E-state index in [4.69, 9.17) is 5.84 Å². The van der Waals surface area contributed by atoms with Gasteiger partial charge in [0.1, 0.15) is 18.1 Å². The number of aliphatic hydroxyl groups excluding tert-OH is 3. The van der Waals surface area contributed by atoms with E-state index in [1.54, 1.807) is 0 Å². The normalized spacial score (nSPS) is 26.1. The lowest BCUT2D eigenvalue weighted by Gasteiger charge is -2.30. The monoisotopic (exact) mass is 256 g/mol. The van der Waals surface area contributed by atoms with Gasteiger partial charge in [-0.05, 0) is 6.92 Å². The van der Waals surface area contributed by atoms with Crippen LogP contribution in [0.5, 0.6) is 0 Å². The Kier molecular flexibility index (Phi) is 3.71. The van der Waals surface area contributed by atoms with Crippen LogP contribution in [0.15, 0.2) is 6.20 Å². The van der Waals surface area contributed by atoms with Crippen molar-refractivity contribution in [2.45, 2.75) is 31.6 Å². The van der Waals surface area contributed by atoms with E-state index in [0.29, 0.717) is 11.5 Å². The summed E-state index contributed by atoms with van der Waals surface area (Å²) in [4.78, 5) is 8.10. The highest BCUT2D eigenvalue weighted by Crippen LogP contribution is 2.24. The van der Waals surface area contributed by atoms with E-state index >= 15 is 0 Å². The van der Waals surface area contributed by atoms with Crippen molar-refractivity contribution in [3.8, 4) is 0 Å². The highest BCUT2D eigenvalue weighted by molar-refractivity contribution is 5.44. The molecule has 0 saturated carbocycles. The maximum Gasteiger partial charge on any atom is 0.154 e. The lowest BCUT2D eigenvalue weighted by Crippen LogP contribution is -2.55. The molecule has 1 aromatic heterocycles. The zero-order chi connectivity index (χ0) is 13.3. The van der Waals surface area contributed by atoms with Gasteiger partial charge in [0, 0.05) is 0 Å². The molecule has 1 aliphatic rings. The van der Waals surface area contributed by atoms with Crippen LogP contribution in [-0.4, -0.2) is 37.7 Å². The Morgan fingerprint density at radius 2 is 2.22 bits per heavy atom. The van der Waals surface area contributed by atoms with E-state index in [2.05, 4.69) is 26.0 Å². The average Bonchev–Trinajstić information content (AvgIpc) is 2.36. The Labute approximate surface area is 103 Å². The van der Waals surface area contributed by atoms with Crippen molar-refractivity contribution in [1.29, 1.82) is 0 Å². The fourth-order valence-electron chi connectivity index (χ4n) is 1.61. The van der Waals surface area contributed by atoms with Crippen molar-refractivity contribution in [3.63, 3.8) is 0 Å². The first-order valence-corrected chi connectivity index (χ1v) is 5.42. The minimum absolute atomic E-state index is 0.209. The van der Waals surface area contributed by atoms with Gasteiger partial charge < -0.3 is 20.6 Å². The third-order valence-electron chi connectivity index (χ3n) is 2.61. The summed E-state index contributed by atoms with van der Waals surface area (Å²) in [5.74, 6) is 5.54. The summed E-state index contributed by atoms with van der Waals surface area (Å²) in [6.07, 6.45) is -2.39. The second kappa shape index (κ2) is 5.10. The summed E-state index contributed by atoms with van der Waals surface area (Å²) < 4.78 is 0. The zero-order valence-electron chi connectivity index (χ0n) is 9.70. The number of aromatic nitrogens is 2. The van der Waals surface area contributed by atoms with Gasteiger partial charge in [-0.3, -0.25) is 16.1 Å². The number of anilines is 1. The quantitative estimate of drug-likeness (QED) is 0.233. The van der Waals surface area contributed by atoms with Gasteiger partial charge in [0.2, 0.25) is 0 Å². The molecule has 100 valence electrons. The molecule has 1 aliphatic heterocycles. The first-order chi connectivity index (χ1) is 8.52. The summed E-state index contributed by atoms with van der Waals surface area (Å²) in [5.41, 5.74) is 2.89. The number of hydrazine groups is 1. The van der Waals surface area contributed by atoms with Gasteiger partial charge in [-0.1, -0.05) is 0 Å². The number of nitrogens with zero attached hydrogens (tertiary/aromatic N) is 2. The standard InChI is InChI=1S/C9H16N6O3/c1-3(16)6(17)4-2-11-5-7(12-4)13-9(15-10)14-8(5)18/h2-3,6,8-9,14-18H,10H2,1H3,(H,12,13). The topological polar surface area (TPSA) is 149 Å². The lowest BCUT2D eigenvalue weighted by atomic mass is 10.1. The molecule has 9 heteroatoms. The summed E-state index contributed by atoms with van der Waals surface area (Å²) in [6.45, 7) is 1.44. The van der Waals surface area contributed by atoms with Crippen LogP contribution < -0.4 is 21.9 Å². The molecule has 0 fully saturated rings. The van der Waals surface area contributed by atoms with Crippen LogP contribution >= 0.6 is 0 Å². The van der Waals surface area contributed by atoms with E-state index < -0.39 is 24.7 Å². The second-order valence-electron chi connectivity index (χ2n) is 4.03. The fourth-order valence-corrected chi connectivity index (χ4v) is 1.61.